The molecular formula is C17H25N3S. The maximum absolute atomic E-state index is 4.57. The van der Waals surface area contributed by atoms with Gasteiger partial charge in [0.15, 0.2) is 0 Å². The maximum atomic E-state index is 4.57. The molecule has 2 aromatic rings. The molecule has 1 N–H and O–H groups in total. The number of nitrogens with one attached hydrogen (secondary N) is 1. The zero-order valence-corrected chi connectivity index (χ0v) is 14.1. The SMILES string of the molecule is CCn1nc(C)cc1CC(NC)c1cc2c(s1)CCCC2. The van der Waals surface area contributed by atoms with Crippen LogP contribution < -0.4 is 5.32 Å². The highest BCUT2D eigenvalue weighted by Gasteiger charge is 2.20. The standard InChI is InChI=1S/C17H25N3S/c1-4-20-14(9-12(2)19-20)11-15(18-3)17-10-13-7-5-6-8-16(13)21-17/h9-10,15,18H,4-8,11H2,1-3H3. The summed E-state index contributed by atoms with van der Waals surface area (Å²) in [5.74, 6) is 0. The highest BCUT2D eigenvalue weighted by Crippen LogP contribution is 2.34. The second kappa shape index (κ2) is 6.32. The first-order valence-electron chi connectivity index (χ1n) is 8.03. The smallest absolute Gasteiger partial charge is 0.0596 e. The first-order valence-corrected chi connectivity index (χ1v) is 8.85. The van der Waals surface area contributed by atoms with Gasteiger partial charge in [0, 0.05) is 34.5 Å². The molecule has 1 aliphatic carbocycles. The van der Waals surface area contributed by atoms with E-state index in [0.29, 0.717) is 6.04 Å². The van der Waals surface area contributed by atoms with Gasteiger partial charge in [0.25, 0.3) is 0 Å². The fourth-order valence-corrected chi connectivity index (χ4v) is 4.64. The Hall–Kier alpha value is -1.13. The minimum atomic E-state index is 0.405. The number of aryl methyl sites for hydroxylation is 4. The van der Waals surface area contributed by atoms with E-state index in [1.54, 1.807) is 10.4 Å². The number of rotatable bonds is 5. The Bertz CT molecular complexity index is 588. The summed E-state index contributed by atoms with van der Waals surface area (Å²) in [6.45, 7) is 5.18. The predicted molar refractivity (Wildman–Crippen MR) is 89.1 cm³/mol. The quantitative estimate of drug-likeness (QED) is 0.913. The number of fused-ring (bicyclic) bond motifs is 1. The van der Waals surface area contributed by atoms with Crippen LogP contribution in [-0.2, 0) is 25.8 Å². The van der Waals surface area contributed by atoms with Gasteiger partial charge in [0.05, 0.1) is 5.69 Å². The van der Waals surface area contributed by atoms with Crippen molar-refractivity contribution in [1.82, 2.24) is 15.1 Å². The lowest BCUT2D eigenvalue weighted by Crippen LogP contribution is -2.19. The van der Waals surface area contributed by atoms with E-state index in [-0.39, 0.29) is 0 Å². The molecule has 0 spiro atoms. The molecule has 0 fully saturated rings. The van der Waals surface area contributed by atoms with E-state index in [0.717, 1.165) is 18.7 Å². The fraction of sp³-hybridized carbons (Fsp3) is 0.588. The molecule has 21 heavy (non-hydrogen) atoms. The zero-order valence-electron chi connectivity index (χ0n) is 13.3. The Morgan fingerprint density at radius 2 is 2.14 bits per heavy atom. The summed E-state index contributed by atoms with van der Waals surface area (Å²) in [7, 11) is 2.07. The van der Waals surface area contributed by atoms with Crippen LogP contribution in [0.5, 0.6) is 0 Å². The van der Waals surface area contributed by atoms with Crippen molar-refractivity contribution in [2.24, 2.45) is 0 Å². The molecule has 0 aliphatic heterocycles. The molecule has 2 aromatic heterocycles. The summed E-state index contributed by atoms with van der Waals surface area (Å²) < 4.78 is 2.13. The average Bonchev–Trinajstić information content (AvgIpc) is 3.07. The molecule has 1 unspecified atom stereocenters. The summed E-state index contributed by atoms with van der Waals surface area (Å²) in [6, 6.07) is 5.07. The molecule has 1 aliphatic rings. The number of hydrogen-bond donors (Lipinski definition) is 1. The van der Waals surface area contributed by atoms with Crippen LogP contribution in [0.25, 0.3) is 0 Å². The van der Waals surface area contributed by atoms with Gasteiger partial charge in [-0.1, -0.05) is 0 Å². The van der Waals surface area contributed by atoms with Crippen molar-refractivity contribution in [1.29, 1.82) is 0 Å². The van der Waals surface area contributed by atoms with E-state index in [4.69, 9.17) is 0 Å². The van der Waals surface area contributed by atoms with Crippen LogP contribution in [0.2, 0.25) is 0 Å². The van der Waals surface area contributed by atoms with Crippen LogP contribution in [0.4, 0.5) is 0 Å². The van der Waals surface area contributed by atoms with Crippen LogP contribution >= 0.6 is 11.3 Å². The second-order valence-corrected chi connectivity index (χ2v) is 7.11. The molecule has 0 saturated heterocycles. The monoisotopic (exact) mass is 303 g/mol. The fourth-order valence-electron chi connectivity index (χ4n) is 3.28. The predicted octanol–water partition coefficient (Wildman–Crippen LogP) is 3.65. The average molecular weight is 303 g/mol. The van der Waals surface area contributed by atoms with E-state index in [1.165, 1.54) is 36.3 Å². The molecule has 0 saturated carbocycles. The van der Waals surface area contributed by atoms with Gasteiger partial charge in [-0.2, -0.15) is 5.10 Å². The van der Waals surface area contributed by atoms with E-state index < -0.39 is 0 Å². The molecule has 0 amide bonds. The van der Waals surface area contributed by atoms with Gasteiger partial charge >= 0.3 is 0 Å². The topological polar surface area (TPSA) is 29.9 Å². The minimum Gasteiger partial charge on any atom is -0.312 e. The summed E-state index contributed by atoms with van der Waals surface area (Å²) in [6.07, 6.45) is 6.29. The molecule has 2 heterocycles. The van der Waals surface area contributed by atoms with Gasteiger partial charge in [-0.05, 0) is 64.3 Å². The van der Waals surface area contributed by atoms with Gasteiger partial charge < -0.3 is 5.32 Å². The number of nitrogens with zero attached hydrogens (tertiary/aromatic N) is 2. The Kier molecular flexibility index (Phi) is 4.45. The Balaban J connectivity index is 1.83. The van der Waals surface area contributed by atoms with E-state index in [2.05, 4.69) is 48.1 Å². The molecular weight excluding hydrogens is 278 g/mol. The molecule has 0 radical (unpaired) electrons. The highest BCUT2D eigenvalue weighted by atomic mass is 32.1. The number of hydrogen-bond acceptors (Lipinski definition) is 3. The number of thiophene rings is 1. The number of aromatic nitrogens is 2. The molecule has 4 heteroatoms. The molecule has 3 rings (SSSR count). The third-order valence-electron chi connectivity index (χ3n) is 4.41. The van der Waals surface area contributed by atoms with Gasteiger partial charge in [-0.25, -0.2) is 0 Å². The molecule has 0 bridgehead atoms. The summed E-state index contributed by atoms with van der Waals surface area (Å²) in [5, 5.41) is 8.07. The van der Waals surface area contributed by atoms with Crippen LogP contribution in [-0.4, -0.2) is 16.8 Å². The van der Waals surface area contributed by atoms with Crippen molar-refractivity contribution >= 4 is 11.3 Å². The Labute approximate surface area is 131 Å². The molecule has 3 nitrogen and oxygen atoms in total. The van der Waals surface area contributed by atoms with Crippen molar-refractivity contribution in [3.05, 3.63) is 38.8 Å². The van der Waals surface area contributed by atoms with Crippen molar-refractivity contribution in [2.75, 3.05) is 7.05 Å². The first-order chi connectivity index (χ1) is 10.2. The Morgan fingerprint density at radius 3 is 2.86 bits per heavy atom. The minimum absolute atomic E-state index is 0.405. The lowest BCUT2D eigenvalue weighted by molar-refractivity contribution is 0.546. The van der Waals surface area contributed by atoms with Crippen LogP contribution in [0.3, 0.4) is 0 Å². The van der Waals surface area contributed by atoms with Crippen LogP contribution in [0.15, 0.2) is 12.1 Å². The van der Waals surface area contributed by atoms with Gasteiger partial charge in [-0.15, -0.1) is 11.3 Å². The highest BCUT2D eigenvalue weighted by molar-refractivity contribution is 7.12. The third-order valence-corrected chi connectivity index (χ3v) is 5.76. The molecule has 1 atom stereocenters. The van der Waals surface area contributed by atoms with Crippen LogP contribution in [0.1, 0.15) is 52.5 Å². The summed E-state index contributed by atoms with van der Waals surface area (Å²) in [4.78, 5) is 3.11. The van der Waals surface area contributed by atoms with Crippen molar-refractivity contribution in [3.63, 3.8) is 0 Å². The third kappa shape index (κ3) is 3.06. The van der Waals surface area contributed by atoms with Crippen molar-refractivity contribution in [3.8, 4) is 0 Å². The van der Waals surface area contributed by atoms with E-state index in [1.807, 2.05) is 11.3 Å². The van der Waals surface area contributed by atoms with Gasteiger partial charge in [0.2, 0.25) is 0 Å². The number of likely N-dealkylation sites (N-methyl/N-ethyl adjacent to an activating group) is 1. The van der Waals surface area contributed by atoms with Crippen molar-refractivity contribution in [2.45, 2.75) is 58.5 Å². The summed E-state index contributed by atoms with van der Waals surface area (Å²) in [5.41, 5.74) is 4.05. The zero-order chi connectivity index (χ0) is 14.8. The lowest BCUT2D eigenvalue weighted by atomic mass is 9.98. The summed E-state index contributed by atoms with van der Waals surface area (Å²) >= 11 is 2.02. The molecule has 0 aromatic carbocycles. The largest absolute Gasteiger partial charge is 0.312 e. The first kappa shape index (κ1) is 14.8. The van der Waals surface area contributed by atoms with Gasteiger partial charge in [-0.3, -0.25) is 4.68 Å². The second-order valence-electron chi connectivity index (χ2n) is 5.94. The van der Waals surface area contributed by atoms with E-state index >= 15 is 0 Å². The normalized spacial score (nSPS) is 16.0. The van der Waals surface area contributed by atoms with Crippen molar-refractivity contribution < 1.29 is 0 Å². The Morgan fingerprint density at radius 1 is 1.33 bits per heavy atom. The van der Waals surface area contributed by atoms with Crippen LogP contribution in [0, 0.1) is 6.92 Å². The maximum Gasteiger partial charge on any atom is 0.0596 e. The van der Waals surface area contributed by atoms with Gasteiger partial charge in [0.1, 0.15) is 0 Å². The van der Waals surface area contributed by atoms with E-state index in [9.17, 15) is 0 Å². The molecule has 114 valence electrons. The lowest BCUT2D eigenvalue weighted by Gasteiger charge is -2.15.